The minimum absolute atomic E-state index is 0.353. The Morgan fingerprint density at radius 2 is 1.67 bits per heavy atom. The Labute approximate surface area is 154 Å². The van der Waals surface area contributed by atoms with Gasteiger partial charge < -0.3 is 14.4 Å². The molecule has 5 nitrogen and oxygen atoms in total. The summed E-state index contributed by atoms with van der Waals surface area (Å²) < 4.78 is 20.3. The minimum atomic E-state index is -3.88. The van der Waals surface area contributed by atoms with Crippen LogP contribution in [-0.4, -0.2) is 29.7 Å². The van der Waals surface area contributed by atoms with Crippen LogP contribution in [0.15, 0.2) is 42.5 Å². The molecule has 130 valence electrons. The molecule has 1 amide bonds. The van der Waals surface area contributed by atoms with Gasteiger partial charge in [-0.3, -0.25) is 9.36 Å². The molecule has 0 radical (unpaired) electrons. The first-order valence-electron chi connectivity index (χ1n) is 6.79. The van der Waals surface area contributed by atoms with Gasteiger partial charge in [0.2, 0.25) is 3.79 Å². The molecule has 0 aromatic heterocycles. The fourth-order valence-electron chi connectivity index (χ4n) is 2.25. The van der Waals surface area contributed by atoms with Crippen LogP contribution >= 0.6 is 42.4 Å². The van der Waals surface area contributed by atoms with Gasteiger partial charge in [0.05, 0.1) is 0 Å². The van der Waals surface area contributed by atoms with Gasteiger partial charge in [-0.2, -0.15) is 0 Å². The summed E-state index contributed by atoms with van der Waals surface area (Å²) >= 11 is 17.6. The second-order valence-electron chi connectivity index (χ2n) is 4.85. The van der Waals surface area contributed by atoms with Crippen molar-refractivity contribution in [2.24, 2.45) is 0 Å². The maximum atomic E-state index is 12.7. The molecule has 1 atom stereocenters. The molecule has 0 saturated carbocycles. The summed E-state index contributed by atoms with van der Waals surface area (Å²) in [6.45, 7) is 0. The lowest BCUT2D eigenvalue weighted by atomic mass is 10.0. The molecule has 2 aromatic carbocycles. The predicted molar refractivity (Wildman–Crippen MR) is 97.1 cm³/mol. The molecule has 0 aliphatic rings. The smallest absolute Gasteiger partial charge is 0.334 e. The molecule has 9 heteroatoms. The molecule has 0 aliphatic heterocycles. The van der Waals surface area contributed by atoms with E-state index in [4.69, 9.17) is 43.9 Å². The zero-order chi connectivity index (χ0) is 18.0. The largest absolute Gasteiger partial charge is 0.356 e. The standard InChI is InChI=1S/C15H15Cl3NO4P/c1-22-24(21,23-2)14(15(16,17)18)19-13(20)12-9-5-7-10-6-3-4-8-11(10)12/h3-9,14H,1-2H3,(H,19,20). The van der Waals surface area contributed by atoms with E-state index in [1.807, 2.05) is 18.2 Å². The second-order valence-corrected chi connectivity index (χ2v) is 9.54. The number of rotatable bonds is 5. The first kappa shape index (κ1) is 19.5. The Bertz CT molecular complexity index is 780. The van der Waals surface area contributed by atoms with E-state index in [1.54, 1.807) is 24.3 Å². The number of carbonyl (C=O) groups excluding carboxylic acids is 1. The van der Waals surface area contributed by atoms with Gasteiger partial charge in [0.15, 0.2) is 5.78 Å². The van der Waals surface area contributed by atoms with Gasteiger partial charge >= 0.3 is 7.60 Å². The number of amides is 1. The third kappa shape index (κ3) is 4.05. The van der Waals surface area contributed by atoms with E-state index in [0.29, 0.717) is 10.9 Å². The van der Waals surface area contributed by atoms with Gasteiger partial charge in [-0.1, -0.05) is 71.2 Å². The number of halogens is 3. The minimum Gasteiger partial charge on any atom is -0.334 e. The van der Waals surface area contributed by atoms with Crippen molar-refractivity contribution < 1.29 is 18.4 Å². The van der Waals surface area contributed by atoms with Crippen LogP contribution in [0.25, 0.3) is 10.8 Å². The molecule has 1 N–H and O–H groups in total. The Kier molecular flexibility index (Phi) is 6.19. The highest BCUT2D eigenvalue weighted by Crippen LogP contribution is 2.57. The van der Waals surface area contributed by atoms with E-state index in [2.05, 4.69) is 5.32 Å². The molecule has 0 spiro atoms. The molecule has 0 heterocycles. The number of alkyl halides is 3. The van der Waals surface area contributed by atoms with Crippen LogP contribution < -0.4 is 5.32 Å². The summed E-state index contributed by atoms with van der Waals surface area (Å²) in [6.07, 6.45) is 0. The highest BCUT2D eigenvalue weighted by atomic mass is 35.6. The number of nitrogens with one attached hydrogen (secondary N) is 1. The maximum Gasteiger partial charge on any atom is 0.356 e. The van der Waals surface area contributed by atoms with E-state index in [0.717, 1.165) is 19.6 Å². The highest BCUT2D eigenvalue weighted by Gasteiger charge is 2.49. The number of carbonyl (C=O) groups is 1. The molecular weight excluding hydrogens is 396 g/mol. The number of hydrogen-bond donors (Lipinski definition) is 1. The van der Waals surface area contributed by atoms with Crippen molar-refractivity contribution in [3.63, 3.8) is 0 Å². The third-order valence-electron chi connectivity index (χ3n) is 3.44. The fourth-order valence-corrected chi connectivity index (χ4v) is 4.69. The number of hydrogen-bond acceptors (Lipinski definition) is 4. The van der Waals surface area contributed by atoms with Crippen molar-refractivity contribution in [2.45, 2.75) is 9.58 Å². The SMILES string of the molecule is COP(=O)(OC)C(NC(=O)c1cccc2ccccc12)C(Cl)(Cl)Cl. The van der Waals surface area contributed by atoms with E-state index >= 15 is 0 Å². The van der Waals surface area contributed by atoms with Gasteiger partial charge in [0, 0.05) is 19.8 Å². The first-order valence-corrected chi connectivity index (χ1v) is 9.54. The molecular formula is C15H15Cl3NO4P. The third-order valence-corrected chi connectivity index (χ3v) is 6.72. The van der Waals surface area contributed by atoms with Crippen molar-refractivity contribution in [1.82, 2.24) is 5.32 Å². The van der Waals surface area contributed by atoms with Crippen molar-refractivity contribution in [3.8, 4) is 0 Å². The van der Waals surface area contributed by atoms with Crippen LogP contribution in [0.5, 0.6) is 0 Å². The molecule has 0 saturated heterocycles. The highest BCUT2D eigenvalue weighted by molar-refractivity contribution is 7.55. The summed E-state index contributed by atoms with van der Waals surface area (Å²) in [5, 5.41) is 4.05. The second kappa shape index (κ2) is 7.61. The van der Waals surface area contributed by atoms with Crippen molar-refractivity contribution in [3.05, 3.63) is 48.0 Å². The van der Waals surface area contributed by atoms with Gasteiger partial charge in [0.1, 0.15) is 0 Å². The zero-order valence-electron chi connectivity index (χ0n) is 12.8. The number of benzene rings is 2. The lowest BCUT2D eigenvalue weighted by Gasteiger charge is -2.30. The van der Waals surface area contributed by atoms with E-state index in [9.17, 15) is 9.36 Å². The summed E-state index contributed by atoms with van der Waals surface area (Å²) in [5.74, 6) is -2.03. The van der Waals surface area contributed by atoms with Gasteiger partial charge in [-0.05, 0) is 16.8 Å². The van der Waals surface area contributed by atoms with Gasteiger partial charge in [-0.25, -0.2) is 0 Å². The summed E-state index contributed by atoms with van der Waals surface area (Å²) in [6, 6.07) is 12.5. The summed E-state index contributed by atoms with van der Waals surface area (Å²) in [5.41, 5.74) is 0.353. The average molecular weight is 411 g/mol. The lowest BCUT2D eigenvalue weighted by Crippen LogP contribution is -2.44. The van der Waals surface area contributed by atoms with E-state index in [-0.39, 0.29) is 0 Å². The van der Waals surface area contributed by atoms with E-state index < -0.39 is 23.1 Å². The molecule has 24 heavy (non-hydrogen) atoms. The predicted octanol–water partition coefficient (Wildman–Crippen LogP) is 4.75. The topological polar surface area (TPSA) is 64.6 Å². The monoisotopic (exact) mass is 409 g/mol. The Morgan fingerprint density at radius 3 is 2.25 bits per heavy atom. The quantitative estimate of drug-likeness (QED) is 0.570. The van der Waals surface area contributed by atoms with Crippen LogP contribution in [0.1, 0.15) is 10.4 Å². The molecule has 2 rings (SSSR count). The Balaban J connectivity index is 2.42. The summed E-state index contributed by atoms with van der Waals surface area (Å²) in [4.78, 5) is 12.7. The first-order chi connectivity index (χ1) is 11.2. The molecule has 2 aromatic rings. The Hall–Kier alpha value is -0.810. The lowest BCUT2D eigenvalue weighted by molar-refractivity contribution is 0.0943. The van der Waals surface area contributed by atoms with Crippen molar-refractivity contribution in [2.75, 3.05) is 14.2 Å². The maximum absolute atomic E-state index is 12.7. The van der Waals surface area contributed by atoms with Crippen LogP contribution in [0.2, 0.25) is 0 Å². The molecule has 0 fully saturated rings. The van der Waals surface area contributed by atoms with Gasteiger partial charge in [0.25, 0.3) is 5.91 Å². The fraction of sp³-hybridized carbons (Fsp3) is 0.267. The molecule has 0 bridgehead atoms. The molecule has 0 aliphatic carbocycles. The number of fused-ring (bicyclic) bond motifs is 1. The normalized spacial score (nSPS) is 13.7. The van der Waals surface area contributed by atoms with Crippen molar-refractivity contribution in [1.29, 1.82) is 0 Å². The van der Waals surface area contributed by atoms with Crippen LogP contribution in [0.3, 0.4) is 0 Å². The van der Waals surface area contributed by atoms with Gasteiger partial charge in [-0.15, -0.1) is 0 Å². The van der Waals surface area contributed by atoms with Crippen LogP contribution in [-0.2, 0) is 13.6 Å². The zero-order valence-corrected chi connectivity index (χ0v) is 16.0. The summed E-state index contributed by atoms with van der Waals surface area (Å²) in [7, 11) is -1.57. The molecule has 1 unspecified atom stereocenters. The van der Waals surface area contributed by atoms with Crippen molar-refractivity contribution >= 4 is 59.1 Å². The van der Waals surface area contributed by atoms with Crippen LogP contribution in [0.4, 0.5) is 0 Å². The van der Waals surface area contributed by atoms with Crippen LogP contribution in [0, 0.1) is 0 Å². The van der Waals surface area contributed by atoms with E-state index in [1.165, 1.54) is 0 Å². The Morgan fingerprint density at radius 1 is 1.08 bits per heavy atom. The average Bonchev–Trinajstić information content (AvgIpc) is 2.57.